The van der Waals surface area contributed by atoms with E-state index in [1.165, 1.54) is 12.1 Å². The number of hydrogen-bond donors (Lipinski definition) is 0. The molecule has 0 aliphatic rings. The van der Waals surface area contributed by atoms with Crippen molar-refractivity contribution in [3.05, 3.63) is 57.5 Å². The second-order valence-corrected chi connectivity index (χ2v) is 6.09. The molecule has 0 saturated carbocycles. The van der Waals surface area contributed by atoms with Gasteiger partial charge >= 0.3 is 0 Å². The van der Waals surface area contributed by atoms with Gasteiger partial charge in [0.15, 0.2) is 0 Å². The van der Waals surface area contributed by atoms with Crippen molar-refractivity contribution >= 4 is 11.1 Å². The number of nitrogens with zero attached hydrogens (tertiary/aromatic N) is 3. The van der Waals surface area contributed by atoms with Gasteiger partial charge in [-0.05, 0) is 30.5 Å². The molecule has 0 saturated heterocycles. The van der Waals surface area contributed by atoms with Crippen molar-refractivity contribution in [1.29, 1.82) is 0 Å². The Morgan fingerprint density at radius 1 is 1.26 bits per heavy atom. The van der Waals surface area contributed by atoms with Crippen LogP contribution in [-0.2, 0) is 13.0 Å². The maximum atomic E-state index is 13.1. The van der Waals surface area contributed by atoms with Crippen LogP contribution in [0.25, 0.3) is 11.1 Å². The van der Waals surface area contributed by atoms with Crippen LogP contribution in [0.15, 0.2) is 33.6 Å². The smallest absolute Gasteiger partial charge is 0.267 e. The summed E-state index contributed by atoms with van der Waals surface area (Å²) in [4.78, 5) is 17.3. The third-order valence-electron chi connectivity index (χ3n) is 3.69. The molecule has 1 aromatic carbocycles. The van der Waals surface area contributed by atoms with Crippen LogP contribution in [0, 0.1) is 18.7 Å². The number of aromatic nitrogens is 3. The molecule has 2 heterocycles. The fourth-order valence-corrected chi connectivity index (χ4v) is 2.57. The summed E-state index contributed by atoms with van der Waals surface area (Å²) in [5.41, 5.74) is 1.47. The molecule has 0 bridgehead atoms. The van der Waals surface area contributed by atoms with E-state index in [4.69, 9.17) is 4.52 Å². The van der Waals surface area contributed by atoms with Crippen molar-refractivity contribution in [2.24, 2.45) is 5.92 Å². The summed E-state index contributed by atoms with van der Waals surface area (Å²) in [6, 6.07) is 6.12. The fourth-order valence-electron chi connectivity index (χ4n) is 2.57. The monoisotopic (exact) mass is 315 g/mol. The Hall–Kier alpha value is -2.50. The molecule has 0 amide bonds. The zero-order valence-electron chi connectivity index (χ0n) is 13.3. The molecule has 6 heteroatoms. The van der Waals surface area contributed by atoms with Gasteiger partial charge in [-0.15, -0.1) is 0 Å². The topological polar surface area (TPSA) is 60.9 Å². The second-order valence-electron chi connectivity index (χ2n) is 6.09. The Balaban J connectivity index is 2.15. The van der Waals surface area contributed by atoms with Gasteiger partial charge in [-0.3, -0.25) is 9.36 Å². The Labute approximate surface area is 132 Å². The van der Waals surface area contributed by atoms with Crippen molar-refractivity contribution in [1.82, 2.24) is 14.7 Å². The molecule has 0 spiro atoms. The molecule has 0 radical (unpaired) electrons. The number of fused-ring (bicyclic) bond motifs is 1. The first-order valence-corrected chi connectivity index (χ1v) is 7.56. The van der Waals surface area contributed by atoms with E-state index in [2.05, 4.69) is 24.0 Å². The predicted molar refractivity (Wildman–Crippen MR) is 84.8 cm³/mol. The molecule has 3 rings (SSSR count). The average Bonchev–Trinajstić information content (AvgIpc) is 2.86. The Morgan fingerprint density at radius 2 is 1.96 bits per heavy atom. The van der Waals surface area contributed by atoms with Gasteiger partial charge in [0.2, 0.25) is 0 Å². The van der Waals surface area contributed by atoms with Crippen molar-refractivity contribution in [3.63, 3.8) is 0 Å². The second kappa shape index (κ2) is 5.95. The van der Waals surface area contributed by atoms with E-state index < -0.39 is 0 Å². The first-order chi connectivity index (χ1) is 11.0. The van der Waals surface area contributed by atoms with Crippen LogP contribution in [0.5, 0.6) is 0 Å². The van der Waals surface area contributed by atoms with Crippen molar-refractivity contribution < 1.29 is 8.91 Å². The largest absolute Gasteiger partial charge is 0.335 e. The van der Waals surface area contributed by atoms with Gasteiger partial charge in [0.25, 0.3) is 11.3 Å². The third-order valence-corrected chi connectivity index (χ3v) is 3.69. The molecule has 0 N–H and O–H groups in total. The van der Waals surface area contributed by atoms with E-state index in [1.54, 1.807) is 23.6 Å². The normalized spacial score (nSPS) is 11.5. The molecule has 5 nitrogen and oxygen atoms in total. The van der Waals surface area contributed by atoms with Gasteiger partial charge < -0.3 is 4.52 Å². The van der Waals surface area contributed by atoms with E-state index in [1.807, 2.05) is 0 Å². The zero-order chi connectivity index (χ0) is 16.6. The summed E-state index contributed by atoms with van der Waals surface area (Å²) in [5, 5.41) is 4.24. The molecule has 0 aliphatic carbocycles. The van der Waals surface area contributed by atoms with E-state index in [0.29, 0.717) is 35.8 Å². The Morgan fingerprint density at radius 3 is 2.61 bits per heavy atom. The standard InChI is InChI=1S/C17H18FN3O2/c1-10(2)8-14-19-16-15(11(3)20-23-16)17(22)21(14)9-12-4-6-13(18)7-5-12/h4-7,10H,8-9H2,1-3H3. The van der Waals surface area contributed by atoms with Crippen LogP contribution in [0.4, 0.5) is 4.39 Å². The molecule has 0 aliphatic heterocycles. The predicted octanol–water partition coefficient (Wildman–Crippen LogP) is 3.08. The van der Waals surface area contributed by atoms with E-state index in [9.17, 15) is 9.18 Å². The van der Waals surface area contributed by atoms with Crippen molar-refractivity contribution in [2.45, 2.75) is 33.7 Å². The van der Waals surface area contributed by atoms with Gasteiger partial charge in [0, 0.05) is 6.42 Å². The van der Waals surface area contributed by atoms with Crippen LogP contribution in [0.3, 0.4) is 0 Å². The van der Waals surface area contributed by atoms with Crippen molar-refractivity contribution in [2.75, 3.05) is 0 Å². The Bertz CT molecular complexity index is 895. The van der Waals surface area contributed by atoms with Crippen LogP contribution in [-0.4, -0.2) is 14.7 Å². The lowest BCUT2D eigenvalue weighted by Crippen LogP contribution is -2.26. The molecule has 3 aromatic rings. The summed E-state index contributed by atoms with van der Waals surface area (Å²) < 4.78 is 19.8. The summed E-state index contributed by atoms with van der Waals surface area (Å²) in [6.45, 7) is 6.18. The first kappa shape index (κ1) is 15.4. The third kappa shape index (κ3) is 3.02. The molecule has 0 fully saturated rings. The quantitative estimate of drug-likeness (QED) is 0.742. The fraction of sp³-hybridized carbons (Fsp3) is 0.353. The lowest BCUT2D eigenvalue weighted by atomic mass is 10.1. The maximum absolute atomic E-state index is 13.1. The highest BCUT2D eigenvalue weighted by atomic mass is 19.1. The minimum absolute atomic E-state index is 0.172. The van der Waals surface area contributed by atoms with Gasteiger partial charge in [0.1, 0.15) is 17.0 Å². The molecule has 2 aromatic heterocycles. The highest BCUT2D eigenvalue weighted by molar-refractivity contribution is 5.74. The number of rotatable bonds is 4. The summed E-state index contributed by atoms with van der Waals surface area (Å²) in [7, 11) is 0. The van der Waals surface area contributed by atoms with E-state index >= 15 is 0 Å². The highest BCUT2D eigenvalue weighted by Crippen LogP contribution is 2.15. The van der Waals surface area contributed by atoms with Crippen molar-refractivity contribution in [3.8, 4) is 0 Å². The molecule has 23 heavy (non-hydrogen) atoms. The number of aryl methyl sites for hydroxylation is 1. The SMILES string of the molecule is Cc1noc2nc(CC(C)C)n(Cc3ccc(F)cc3)c(=O)c12. The number of benzene rings is 1. The summed E-state index contributed by atoms with van der Waals surface area (Å²) in [5.74, 6) is 0.688. The van der Waals surface area contributed by atoms with Crippen LogP contribution in [0.2, 0.25) is 0 Å². The number of hydrogen-bond acceptors (Lipinski definition) is 4. The van der Waals surface area contributed by atoms with Crippen LogP contribution < -0.4 is 5.56 Å². The van der Waals surface area contributed by atoms with Gasteiger partial charge in [0.05, 0.1) is 12.2 Å². The summed E-state index contributed by atoms with van der Waals surface area (Å²) >= 11 is 0. The van der Waals surface area contributed by atoms with Gasteiger partial charge in [-0.2, -0.15) is 4.98 Å². The maximum Gasteiger partial charge on any atom is 0.267 e. The minimum atomic E-state index is -0.299. The molecular weight excluding hydrogens is 297 g/mol. The van der Waals surface area contributed by atoms with Crippen LogP contribution in [0.1, 0.15) is 30.9 Å². The lowest BCUT2D eigenvalue weighted by molar-refractivity contribution is 0.439. The van der Waals surface area contributed by atoms with E-state index in [-0.39, 0.29) is 17.1 Å². The minimum Gasteiger partial charge on any atom is -0.335 e. The first-order valence-electron chi connectivity index (χ1n) is 7.56. The van der Waals surface area contributed by atoms with Gasteiger partial charge in [-0.25, -0.2) is 4.39 Å². The molecule has 0 atom stereocenters. The Kier molecular flexibility index (Phi) is 3.98. The molecule has 0 unspecified atom stereocenters. The zero-order valence-corrected chi connectivity index (χ0v) is 13.3. The van der Waals surface area contributed by atoms with Gasteiger partial charge in [-0.1, -0.05) is 31.1 Å². The number of halogens is 1. The highest BCUT2D eigenvalue weighted by Gasteiger charge is 2.17. The average molecular weight is 315 g/mol. The lowest BCUT2D eigenvalue weighted by Gasteiger charge is -2.13. The molecular formula is C17H18FN3O2. The molecule has 120 valence electrons. The van der Waals surface area contributed by atoms with Crippen LogP contribution >= 0.6 is 0 Å². The van der Waals surface area contributed by atoms with E-state index in [0.717, 1.165) is 5.56 Å². The summed E-state index contributed by atoms with van der Waals surface area (Å²) in [6.07, 6.45) is 0.645.